The quantitative estimate of drug-likeness (QED) is 0.791. The molecule has 4 nitrogen and oxygen atoms in total. The summed E-state index contributed by atoms with van der Waals surface area (Å²) in [6.45, 7) is 2.30. The van der Waals surface area contributed by atoms with Gasteiger partial charge in [0, 0.05) is 29.8 Å². The van der Waals surface area contributed by atoms with E-state index >= 15 is 0 Å². The molecule has 1 atom stereocenters. The molecular formula is C16H17FN2O2. The fourth-order valence-electron chi connectivity index (χ4n) is 2.08. The van der Waals surface area contributed by atoms with E-state index in [0.717, 1.165) is 11.6 Å². The molecule has 2 aromatic carbocycles. The largest absolute Gasteiger partial charge is 0.508 e. The van der Waals surface area contributed by atoms with E-state index < -0.39 is 11.7 Å². The highest BCUT2D eigenvalue weighted by atomic mass is 19.1. The number of carbonyl (C=O) groups excluding carboxylic acids is 1. The zero-order valence-corrected chi connectivity index (χ0v) is 11.6. The van der Waals surface area contributed by atoms with Gasteiger partial charge in [0.15, 0.2) is 0 Å². The third kappa shape index (κ3) is 3.79. The highest BCUT2D eigenvalue weighted by Gasteiger charge is 2.11. The van der Waals surface area contributed by atoms with Crippen LogP contribution in [0.1, 0.15) is 34.5 Å². The summed E-state index contributed by atoms with van der Waals surface area (Å²) >= 11 is 0. The average molecular weight is 288 g/mol. The van der Waals surface area contributed by atoms with Crippen LogP contribution in [0.4, 0.5) is 4.39 Å². The summed E-state index contributed by atoms with van der Waals surface area (Å²) in [6, 6.07) is 10.8. The highest BCUT2D eigenvalue weighted by Crippen LogP contribution is 2.21. The molecule has 21 heavy (non-hydrogen) atoms. The minimum Gasteiger partial charge on any atom is -0.508 e. The van der Waals surface area contributed by atoms with Gasteiger partial charge in [-0.3, -0.25) is 4.79 Å². The number of phenolic OH excluding ortho intramolecular Hbond substituents is 1. The molecule has 0 radical (unpaired) electrons. The fourth-order valence-corrected chi connectivity index (χ4v) is 2.08. The lowest BCUT2D eigenvalue weighted by molar-refractivity contribution is 0.1000. The summed E-state index contributed by atoms with van der Waals surface area (Å²) in [6.07, 6.45) is 0. The lowest BCUT2D eigenvalue weighted by Gasteiger charge is -2.15. The number of rotatable bonds is 5. The van der Waals surface area contributed by atoms with Gasteiger partial charge in [0.25, 0.3) is 0 Å². The Morgan fingerprint density at radius 3 is 2.76 bits per heavy atom. The third-order valence-electron chi connectivity index (χ3n) is 3.27. The van der Waals surface area contributed by atoms with Crippen LogP contribution in [0, 0.1) is 5.82 Å². The second-order valence-electron chi connectivity index (χ2n) is 4.87. The monoisotopic (exact) mass is 288 g/mol. The Bertz CT molecular complexity index is 658. The van der Waals surface area contributed by atoms with Crippen LogP contribution in [0.2, 0.25) is 0 Å². The van der Waals surface area contributed by atoms with Crippen molar-refractivity contribution in [1.82, 2.24) is 5.32 Å². The first-order chi connectivity index (χ1) is 9.97. The lowest BCUT2D eigenvalue weighted by atomic mass is 10.1. The van der Waals surface area contributed by atoms with Gasteiger partial charge in [-0.05, 0) is 30.7 Å². The molecule has 0 saturated carbocycles. The van der Waals surface area contributed by atoms with Gasteiger partial charge in [-0.2, -0.15) is 0 Å². The topological polar surface area (TPSA) is 75.3 Å². The minimum atomic E-state index is -0.477. The van der Waals surface area contributed by atoms with Crippen LogP contribution in [0.15, 0.2) is 42.5 Å². The molecule has 2 aromatic rings. The van der Waals surface area contributed by atoms with Crippen LogP contribution < -0.4 is 11.1 Å². The van der Waals surface area contributed by atoms with E-state index in [0.29, 0.717) is 17.7 Å². The van der Waals surface area contributed by atoms with Crippen molar-refractivity contribution >= 4 is 5.91 Å². The molecule has 4 N–H and O–H groups in total. The van der Waals surface area contributed by atoms with Gasteiger partial charge in [-0.25, -0.2) is 4.39 Å². The first-order valence-electron chi connectivity index (χ1n) is 6.58. The minimum absolute atomic E-state index is 0.0994. The summed E-state index contributed by atoms with van der Waals surface area (Å²) in [5.41, 5.74) is 7.03. The number of phenols is 1. The summed E-state index contributed by atoms with van der Waals surface area (Å²) in [7, 11) is 0. The SMILES string of the molecule is CC(NCc1cccc(C(N)=O)c1)c1ccc(O)cc1F. The van der Waals surface area contributed by atoms with Crippen molar-refractivity contribution in [2.24, 2.45) is 5.73 Å². The van der Waals surface area contributed by atoms with Gasteiger partial charge in [0.1, 0.15) is 11.6 Å². The number of benzene rings is 2. The fraction of sp³-hybridized carbons (Fsp3) is 0.188. The molecule has 0 saturated heterocycles. The second-order valence-corrected chi connectivity index (χ2v) is 4.87. The lowest BCUT2D eigenvalue weighted by Crippen LogP contribution is -2.19. The molecule has 0 aromatic heterocycles. The van der Waals surface area contributed by atoms with E-state index in [1.165, 1.54) is 6.07 Å². The number of carbonyl (C=O) groups is 1. The van der Waals surface area contributed by atoms with Crippen molar-refractivity contribution in [3.05, 3.63) is 65.0 Å². The first kappa shape index (κ1) is 15.0. The molecule has 110 valence electrons. The van der Waals surface area contributed by atoms with Crippen LogP contribution in [0.25, 0.3) is 0 Å². The van der Waals surface area contributed by atoms with E-state index in [-0.39, 0.29) is 11.8 Å². The second kappa shape index (κ2) is 6.37. The molecule has 5 heteroatoms. The smallest absolute Gasteiger partial charge is 0.248 e. The van der Waals surface area contributed by atoms with E-state index in [2.05, 4.69) is 5.32 Å². The summed E-state index contributed by atoms with van der Waals surface area (Å²) < 4.78 is 13.7. The number of halogens is 1. The van der Waals surface area contributed by atoms with Crippen molar-refractivity contribution in [3.63, 3.8) is 0 Å². The van der Waals surface area contributed by atoms with Gasteiger partial charge in [0.05, 0.1) is 0 Å². The van der Waals surface area contributed by atoms with E-state index in [4.69, 9.17) is 5.73 Å². The van der Waals surface area contributed by atoms with Gasteiger partial charge in [0.2, 0.25) is 5.91 Å². The van der Waals surface area contributed by atoms with Crippen LogP contribution >= 0.6 is 0 Å². The molecule has 0 fully saturated rings. The van der Waals surface area contributed by atoms with Crippen LogP contribution in [-0.4, -0.2) is 11.0 Å². The zero-order chi connectivity index (χ0) is 15.4. The Labute approximate surface area is 122 Å². The number of nitrogens with two attached hydrogens (primary N) is 1. The number of hydrogen-bond acceptors (Lipinski definition) is 3. The highest BCUT2D eigenvalue weighted by molar-refractivity contribution is 5.92. The molecule has 0 aliphatic carbocycles. The van der Waals surface area contributed by atoms with Crippen LogP contribution in [-0.2, 0) is 6.54 Å². The Morgan fingerprint density at radius 1 is 1.33 bits per heavy atom. The first-order valence-corrected chi connectivity index (χ1v) is 6.58. The maximum atomic E-state index is 13.7. The summed E-state index contributed by atoms with van der Waals surface area (Å²) in [5, 5.41) is 12.4. The van der Waals surface area contributed by atoms with E-state index in [9.17, 15) is 14.3 Å². The van der Waals surface area contributed by atoms with Gasteiger partial charge in [-0.1, -0.05) is 18.2 Å². The number of amides is 1. The van der Waals surface area contributed by atoms with E-state index in [1.807, 2.05) is 13.0 Å². The Hall–Kier alpha value is -2.40. The maximum Gasteiger partial charge on any atom is 0.248 e. The third-order valence-corrected chi connectivity index (χ3v) is 3.27. The van der Waals surface area contributed by atoms with E-state index in [1.54, 1.807) is 24.3 Å². The summed E-state index contributed by atoms with van der Waals surface area (Å²) in [4.78, 5) is 11.1. The number of hydrogen-bond donors (Lipinski definition) is 3. The molecular weight excluding hydrogens is 271 g/mol. The number of nitrogens with one attached hydrogen (secondary N) is 1. The van der Waals surface area contributed by atoms with Gasteiger partial charge < -0.3 is 16.2 Å². The Kier molecular flexibility index (Phi) is 4.55. The van der Waals surface area contributed by atoms with Gasteiger partial charge >= 0.3 is 0 Å². The van der Waals surface area contributed by atoms with Crippen LogP contribution in [0.3, 0.4) is 0 Å². The van der Waals surface area contributed by atoms with Gasteiger partial charge in [-0.15, -0.1) is 0 Å². The van der Waals surface area contributed by atoms with Crippen LogP contribution in [0.5, 0.6) is 5.75 Å². The molecule has 0 heterocycles. The summed E-state index contributed by atoms with van der Waals surface area (Å²) in [5.74, 6) is -1.03. The molecule has 0 aliphatic heterocycles. The Morgan fingerprint density at radius 2 is 2.10 bits per heavy atom. The normalized spacial score (nSPS) is 12.1. The Balaban J connectivity index is 2.05. The number of aromatic hydroxyl groups is 1. The maximum absolute atomic E-state index is 13.7. The average Bonchev–Trinajstić information content (AvgIpc) is 2.45. The molecule has 0 bridgehead atoms. The molecule has 1 unspecified atom stereocenters. The van der Waals surface area contributed by atoms with Crippen molar-refractivity contribution < 1.29 is 14.3 Å². The molecule has 0 aliphatic rings. The van der Waals surface area contributed by atoms with Crippen molar-refractivity contribution in [3.8, 4) is 5.75 Å². The predicted molar refractivity (Wildman–Crippen MR) is 78.3 cm³/mol. The van der Waals surface area contributed by atoms with Crippen molar-refractivity contribution in [2.45, 2.75) is 19.5 Å². The predicted octanol–water partition coefficient (Wildman–Crippen LogP) is 2.48. The molecule has 1 amide bonds. The number of primary amides is 1. The van der Waals surface area contributed by atoms with Crippen molar-refractivity contribution in [1.29, 1.82) is 0 Å². The zero-order valence-electron chi connectivity index (χ0n) is 11.6. The standard InChI is InChI=1S/C16H17FN2O2/c1-10(14-6-5-13(20)8-15(14)17)19-9-11-3-2-4-12(7-11)16(18)21/h2-8,10,19-20H,9H2,1H3,(H2,18,21). The molecule has 0 spiro atoms. The molecule has 2 rings (SSSR count). The van der Waals surface area contributed by atoms with Crippen molar-refractivity contribution in [2.75, 3.05) is 0 Å².